The number of thiophene rings is 1. The molecule has 0 radical (unpaired) electrons. The Balaban J connectivity index is 2.01. The van der Waals surface area contributed by atoms with Crippen molar-refractivity contribution in [2.75, 3.05) is 21.1 Å². The van der Waals surface area contributed by atoms with E-state index < -0.39 is 17.9 Å². The lowest BCUT2D eigenvalue weighted by atomic mass is 9.87. The van der Waals surface area contributed by atoms with E-state index in [1.165, 1.54) is 23.3 Å². The maximum atomic E-state index is 12.4. The zero-order valence-electron chi connectivity index (χ0n) is 12.1. The molecule has 1 N–H and O–H groups in total. The molecular weight excluding hydrogens is 290 g/mol. The topological polar surface area (TPSA) is 69.7 Å². The van der Waals surface area contributed by atoms with E-state index in [9.17, 15) is 14.4 Å². The maximum absolute atomic E-state index is 12.4. The number of rotatable bonds is 2. The fourth-order valence-electron chi connectivity index (χ4n) is 3.22. The molecule has 6 nitrogen and oxygen atoms in total. The molecule has 21 heavy (non-hydrogen) atoms. The molecule has 0 aliphatic carbocycles. The van der Waals surface area contributed by atoms with Crippen molar-refractivity contribution in [3.63, 3.8) is 0 Å². The summed E-state index contributed by atoms with van der Waals surface area (Å²) in [5, 5.41) is 7.09. The van der Waals surface area contributed by atoms with E-state index in [0.717, 1.165) is 10.5 Å². The highest BCUT2D eigenvalue weighted by atomic mass is 32.1. The first kappa shape index (κ1) is 14.2. The SMILES string of the molecule is CN(C)C(=O)[C@@H]1N[C@H](c2ccsc2)[C@H]2C(=O)N(C)C(=O)[C@H]21. The third kappa shape index (κ3) is 1.99. The number of hydrogen-bond donors (Lipinski definition) is 1. The number of imide groups is 1. The van der Waals surface area contributed by atoms with E-state index in [2.05, 4.69) is 5.32 Å². The summed E-state index contributed by atoms with van der Waals surface area (Å²) in [7, 11) is 4.80. The number of hydrogen-bond acceptors (Lipinski definition) is 5. The molecule has 0 aromatic carbocycles. The molecule has 3 amide bonds. The molecule has 0 unspecified atom stereocenters. The summed E-state index contributed by atoms with van der Waals surface area (Å²) in [6, 6.07) is 1.01. The average molecular weight is 307 g/mol. The quantitative estimate of drug-likeness (QED) is 0.786. The second-order valence-corrected chi connectivity index (χ2v) is 6.48. The van der Waals surface area contributed by atoms with Crippen LogP contribution in [0.3, 0.4) is 0 Å². The summed E-state index contributed by atoms with van der Waals surface area (Å²) in [5.41, 5.74) is 0.959. The predicted octanol–water partition coefficient (Wildman–Crippen LogP) is 0.0802. The lowest BCUT2D eigenvalue weighted by Crippen LogP contribution is -2.46. The minimum Gasteiger partial charge on any atom is -0.347 e. The molecule has 4 atom stereocenters. The summed E-state index contributed by atoms with van der Waals surface area (Å²) in [6.45, 7) is 0. The molecule has 3 rings (SSSR count). The van der Waals surface area contributed by atoms with Gasteiger partial charge in [-0.15, -0.1) is 0 Å². The van der Waals surface area contributed by atoms with Crippen LogP contribution in [0.25, 0.3) is 0 Å². The van der Waals surface area contributed by atoms with Gasteiger partial charge in [-0.2, -0.15) is 11.3 Å². The van der Waals surface area contributed by atoms with Crippen LogP contribution in [0.5, 0.6) is 0 Å². The van der Waals surface area contributed by atoms with E-state index in [-0.39, 0.29) is 23.8 Å². The van der Waals surface area contributed by atoms with Crippen LogP contribution in [0.2, 0.25) is 0 Å². The number of likely N-dealkylation sites (tertiary alicyclic amines) is 1. The van der Waals surface area contributed by atoms with Gasteiger partial charge in [-0.25, -0.2) is 0 Å². The zero-order valence-corrected chi connectivity index (χ0v) is 12.9. The molecule has 2 saturated heterocycles. The highest BCUT2D eigenvalue weighted by molar-refractivity contribution is 7.08. The molecule has 0 saturated carbocycles. The van der Waals surface area contributed by atoms with Gasteiger partial charge in [0.25, 0.3) is 0 Å². The molecule has 1 aromatic rings. The third-order valence-corrected chi connectivity index (χ3v) is 5.01. The van der Waals surface area contributed by atoms with E-state index in [4.69, 9.17) is 0 Å². The Hall–Kier alpha value is -1.73. The minimum absolute atomic E-state index is 0.167. The number of nitrogens with one attached hydrogen (secondary N) is 1. The van der Waals surface area contributed by atoms with Gasteiger partial charge < -0.3 is 4.90 Å². The molecule has 2 aliphatic heterocycles. The highest BCUT2D eigenvalue weighted by Gasteiger charge is 2.60. The summed E-state index contributed by atoms with van der Waals surface area (Å²) < 4.78 is 0. The normalized spacial score (nSPS) is 31.7. The number of likely N-dealkylation sites (N-methyl/N-ethyl adjacent to an activating group) is 1. The number of fused-ring (bicyclic) bond motifs is 1. The van der Waals surface area contributed by atoms with E-state index >= 15 is 0 Å². The van der Waals surface area contributed by atoms with E-state index in [1.807, 2.05) is 16.8 Å². The molecular formula is C14H17N3O3S. The molecule has 112 valence electrons. The van der Waals surface area contributed by atoms with Crippen LogP contribution < -0.4 is 5.32 Å². The van der Waals surface area contributed by atoms with Crippen molar-refractivity contribution < 1.29 is 14.4 Å². The molecule has 2 fully saturated rings. The van der Waals surface area contributed by atoms with Crippen LogP contribution in [0.1, 0.15) is 11.6 Å². The van der Waals surface area contributed by atoms with Crippen LogP contribution in [0.4, 0.5) is 0 Å². The minimum atomic E-state index is -0.642. The lowest BCUT2D eigenvalue weighted by molar-refractivity contribution is -0.141. The van der Waals surface area contributed by atoms with Gasteiger partial charge in [0.15, 0.2) is 0 Å². The van der Waals surface area contributed by atoms with Crippen molar-refractivity contribution in [2.24, 2.45) is 11.8 Å². The summed E-state index contributed by atoms with van der Waals surface area (Å²) in [5.74, 6) is -1.74. The van der Waals surface area contributed by atoms with Crippen molar-refractivity contribution in [1.82, 2.24) is 15.1 Å². The molecule has 1 aromatic heterocycles. The first-order chi connectivity index (χ1) is 9.93. The standard InChI is InChI=1S/C14H17N3O3S/c1-16(2)14(20)11-9-8(12(18)17(3)13(9)19)10(15-11)7-4-5-21-6-7/h4-6,8-11,15H,1-3H3/t8-,9+,10+,11+/m0/s1. The van der Waals surface area contributed by atoms with Crippen molar-refractivity contribution in [1.29, 1.82) is 0 Å². The van der Waals surface area contributed by atoms with Crippen LogP contribution >= 0.6 is 11.3 Å². The summed E-state index contributed by atoms with van der Waals surface area (Å²) in [6.07, 6.45) is 0. The van der Waals surface area contributed by atoms with Gasteiger partial charge in [-0.05, 0) is 22.4 Å². The highest BCUT2D eigenvalue weighted by Crippen LogP contribution is 2.44. The van der Waals surface area contributed by atoms with Crippen molar-refractivity contribution >= 4 is 29.1 Å². The third-order valence-electron chi connectivity index (χ3n) is 4.30. The first-order valence-electron chi connectivity index (χ1n) is 6.74. The van der Waals surface area contributed by atoms with Gasteiger partial charge in [0, 0.05) is 27.2 Å². The van der Waals surface area contributed by atoms with E-state index in [1.54, 1.807) is 14.1 Å². The molecule has 7 heteroatoms. The molecule has 2 aliphatic rings. The number of carbonyl (C=O) groups is 3. The average Bonchev–Trinajstić information content (AvgIpc) is 3.13. The fraction of sp³-hybridized carbons (Fsp3) is 0.500. The van der Waals surface area contributed by atoms with Gasteiger partial charge in [-0.1, -0.05) is 0 Å². The van der Waals surface area contributed by atoms with Gasteiger partial charge in [0.1, 0.15) is 0 Å². The van der Waals surface area contributed by atoms with Gasteiger partial charge >= 0.3 is 0 Å². The Morgan fingerprint density at radius 2 is 1.95 bits per heavy atom. The van der Waals surface area contributed by atoms with Crippen molar-refractivity contribution in [3.8, 4) is 0 Å². The Bertz CT molecular complexity index is 599. The van der Waals surface area contributed by atoms with Crippen LogP contribution in [0, 0.1) is 11.8 Å². The van der Waals surface area contributed by atoms with Gasteiger partial charge in [-0.3, -0.25) is 24.6 Å². The van der Waals surface area contributed by atoms with Gasteiger partial charge in [0.05, 0.1) is 17.9 Å². The molecule has 0 bridgehead atoms. The largest absolute Gasteiger partial charge is 0.347 e. The van der Waals surface area contributed by atoms with E-state index in [0.29, 0.717) is 0 Å². The molecule has 0 spiro atoms. The van der Waals surface area contributed by atoms with Gasteiger partial charge in [0.2, 0.25) is 17.7 Å². The second-order valence-electron chi connectivity index (χ2n) is 5.70. The summed E-state index contributed by atoms with van der Waals surface area (Å²) >= 11 is 1.53. The summed E-state index contributed by atoms with van der Waals surface area (Å²) in [4.78, 5) is 39.7. The Labute approximate surface area is 126 Å². The first-order valence-corrected chi connectivity index (χ1v) is 7.68. The number of nitrogens with zero attached hydrogens (tertiary/aromatic N) is 2. The van der Waals surface area contributed by atoms with Crippen molar-refractivity contribution in [3.05, 3.63) is 22.4 Å². The van der Waals surface area contributed by atoms with Crippen LogP contribution in [0.15, 0.2) is 16.8 Å². The monoisotopic (exact) mass is 307 g/mol. The fourth-order valence-corrected chi connectivity index (χ4v) is 3.92. The second kappa shape index (κ2) is 4.92. The smallest absolute Gasteiger partial charge is 0.240 e. The maximum Gasteiger partial charge on any atom is 0.240 e. The lowest BCUT2D eigenvalue weighted by Gasteiger charge is -2.22. The van der Waals surface area contributed by atoms with Crippen LogP contribution in [-0.2, 0) is 14.4 Å². The Morgan fingerprint density at radius 1 is 1.29 bits per heavy atom. The Kier molecular flexibility index (Phi) is 3.33. The number of amides is 3. The zero-order chi connectivity index (χ0) is 15.3. The Morgan fingerprint density at radius 3 is 2.52 bits per heavy atom. The predicted molar refractivity (Wildman–Crippen MR) is 77.4 cm³/mol. The van der Waals surface area contributed by atoms with Crippen molar-refractivity contribution in [2.45, 2.75) is 12.1 Å². The molecule has 3 heterocycles. The number of carbonyl (C=O) groups excluding carboxylic acids is 3. The van der Waals surface area contributed by atoms with Crippen LogP contribution in [-0.4, -0.2) is 54.7 Å².